The molecule has 1 saturated heterocycles. The number of pyridine rings is 2. The second kappa shape index (κ2) is 7.51. The Kier molecular flexibility index (Phi) is 5.16. The highest BCUT2D eigenvalue weighted by molar-refractivity contribution is 5.94. The average Bonchev–Trinajstić information content (AvgIpc) is 3.03. The third-order valence-corrected chi connectivity index (χ3v) is 3.92. The molecule has 1 unspecified atom stereocenters. The maximum absolute atomic E-state index is 12.6. The highest BCUT2D eigenvalue weighted by Crippen LogP contribution is 2.19. The molecule has 3 rings (SSSR count). The Hall–Kier alpha value is -2.63. The molecule has 0 N–H and O–H groups in total. The fourth-order valence-electron chi connectivity index (χ4n) is 2.76. The van der Waals surface area contributed by atoms with E-state index in [1.165, 1.54) is 0 Å². The molecule has 0 bridgehead atoms. The zero-order valence-electron chi connectivity index (χ0n) is 14.8. The fourth-order valence-corrected chi connectivity index (χ4v) is 2.76. The third-order valence-electron chi connectivity index (χ3n) is 3.92. The summed E-state index contributed by atoms with van der Waals surface area (Å²) < 4.78 is 11.4. The average molecular weight is 341 g/mol. The zero-order valence-corrected chi connectivity index (χ0v) is 14.8. The number of carbonyl (C=O) groups excluding carboxylic acids is 1. The molecule has 0 radical (unpaired) electrons. The van der Waals surface area contributed by atoms with Crippen molar-refractivity contribution < 1.29 is 14.3 Å². The second-order valence-corrected chi connectivity index (χ2v) is 6.45. The molecule has 3 heterocycles. The minimum absolute atomic E-state index is 0.0326. The highest BCUT2D eigenvalue weighted by Gasteiger charge is 2.28. The van der Waals surface area contributed by atoms with E-state index in [4.69, 9.17) is 9.47 Å². The van der Waals surface area contributed by atoms with Gasteiger partial charge in [0.1, 0.15) is 6.10 Å². The predicted octanol–water partition coefficient (Wildman–Crippen LogP) is 2.87. The molecule has 1 aliphatic heterocycles. The Morgan fingerprint density at radius 2 is 2.08 bits per heavy atom. The molecule has 1 fully saturated rings. The Morgan fingerprint density at radius 1 is 1.24 bits per heavy atom. The molecule has 132 valence electrons. The van der Waals surface area contributed by atoms with Crippen molar-refractivity contribution >= 4 is 5.91 Å². The van der Waals surface area contributed by atoms with E-state index in [1.54, 1.807) is 23.2 Å². The van der Waals surface area contributed by atoms with E-state index in [9.17, 15) is 4.79 Å². The van der Waals surface area contributed by atoms with Gasteiger partial charge in [0.15, 0.2) is 0 Å². The topological polar surface area (TPSA) is 64.5 Å². The molecule has 1 amide bonds. The highest BCUT2D eigenvalue weighted by atomic mass is 16.5. The van der Waals surface area contributed by atoms with Gasteiger partial charge in [0.2, 0.25) is 11.8 Å². The predicted molar refractivity (Wildman–Crippen MR) is 93.9 cm³/mol. The monoisotopic (exact) mass is 341 g/mol. The summed E-state index contributed by atoms with van der Waals surface area (Å²) in [7, 11) is 0. The van der Waals surface area contributed by atoms with E-state index in [1.807, 2.05) is 39.0 Å². The van der Waals surface area contributed by atoms with E-state index in [0.717, 1.165) is 12.1 Å². The van der Waals surface area contributed by atoms with Gasteiger partial charge in [-0.15, -0.1) is 0 Å². The van der Waals surface area contributed by atoms with Crippen molar-refractivity contribution in [1.82, 2.24) is 14.9 Å². The van der Waals surface area contributed by atoms with Crippen LogP contribution in [0.3, 0.4) is 0 Å². The molecule has 0 saturated carbocycles. The van der Waals surface area contributed by atoms with Gasteiger partial charge in [0, 0.05) is 37.0 Å². The van der Waals surface area contributed by atoms with Crippen LogP contribution in [0.25, 0.3) is 0 Å². The number of ether oxygens (including phenoxy) is 2. The molecule has 0 spiro atoms. The lowest BCUT2D eigenvalue weighted by molar-refractivity contribution is 0.0770. The summed E-state index contributed by atoms with van der Waals surface area (Å²) in [4.78, 5) is 22.9. The molecule has 1 aliphatic rings. The summed E-state index contributed by atoms with van der Waals surface area (Å²) in [6.07, 6.45) is 2.38. The third kappa shape index (κ3) is 4.47. The van der Waals surface area contributed by atoms with Crippen LogP contribution in [0.2, 0.25) is 0 Å². The molecular formula is C19H23N3O3. The number of hydrogen-bond donors (Lipinski definition) is 0. The van der Waals surface area contributed by atoms with Crippen LogP contribution in [0.5, 0.6) is 11.8 Å². The first-order valence-electron chi connectivity index (χ1n) is 8.53. The summed E-state index contributed by atoms with van der Waals surface area (Å²) in [6.45, 7) is 7.03. The molecule has 2 aromatic rings. The summed E-state index contributed by atoms with van der Waals surface area (Å²) in [5.74, 6) is 1.10. The van der Waals surface area contributed by atoms with Crippen molar-refractivity contribution in [3.8, 4) is 11.8 Å². The van der Waals surface area contributed by atoms with Gasteiger partial charge in [-0.1, -0.05) is 6.07 Å². The van der Waals surface area contributed by atoms with Gasteiger partial charge in [0.05, 0.1) is 18.2 Å². The summed E-state index contributed by atoms with van der Waals surface area (Å²) in [6, 6.07) is 9.17. The van der Waals surface area contributed by atoms with Crippen molar-refractivity contribution in [2.24, 2.45) is 0 Å². The number of rotatable bonds is 5. The van der Waals surface area contributed by atoms with E-state index in [-0.39, 0.29) is 18.1 Å². The van der Waals surface area contributed by atoms with Crippen LogP contribution >= 0.6 is 0 Å². The van der Waals surface area contributed by atoms with Gasteiger partial charge in [-0.25, -0.2) is 9.97 Å². The lowest BCUT2D eigenvalue weighted by atomic mass is 10.2. The lowest BCUT2D eigenvalue weighted by Gasteiger charge is -2.17. The number of amides is 1. The van der Waals surface area contributed by atoms with E-state index in [0.29, 0.717) is 30.4 Å². The van der Waals surface area contributed by atoms with Crippen molar-refractivity contribution in [2.75, 3.05) is 13.1 Å². The SMILES string of the molecule is Cc1cccc(OC2CCN(C(=O)c3ccc(OC(C)C)nc3)C2)n1. The van der Waals surface area contributed by atoms with Gasteiger partial charge in [-0.05, 0) is 32.9 Å². The van der Waals surface area contributed by atoms with Gasteiger partial charge >= 0.3 is 0 Å². The number of likely N-dealkylation sites (tertiary alicyclic amines) is 1. The van der Waals surface area contributed by atoms with E-state index < -0.39 is 0 Å². The van der Waals surface area contributed by atoms with Crippen LogP contribution in [0.1, 0.15) is 36.3 Å². The Bertz CT molecular complexity index is 731. The second-order valence-electron chi connectivity index (χ2n) is 6.45. The summed E-state index contributed by atoms with van der Waals surface area (Å²) >= 11 is 0. The first kappa shape index (κ1) is 17.2. The number of hydrogen-bond acceptors (Lipinski definition) is 5. The summed E-state index contributed by atoms with van der Waals surface area (Å²) in [5.41, 5.74) is 1.48. The molecule has 1 atom stereocenters. The maximum atomic E-state index is 12.6. The Balaban J connectivity index is 1.58. The smallest absolute Gasteiger partial charge is 0.255 e. The van der Waals surface area contributed by atoms with E-state index >= 15 is 0 Å². The Labute approximate surface area is 147 Å². The normalized spacial score (nSPS) is 17.0. The van der Waals surface area contributed by atoms with Crippen molar-refractivity contribution in [3.05, 3.63) is 47.8 Å². The number of aryl methyl sites for hydroxylation is 1. The van der Waals surface area contributed by atoms with Gasteiger partial charge in [0.25, 0.3) is 5.91 Å². The zero-order chi connectivity index (χ0) is 17.8. The van der Waals surface area contributed by atoms with Crippen LogP contribution in [-0.2, 0) is 0 Å². The lowest BCUT2D eigenvalue weighted by Crippen LogP contribution is -2.31. The van der Waals surface area contributed by atoms with Crippen LogP contribution in [0.15, 0.2) is 36.5 Å². The first-order chi connectivity index (χ1) is 12.0. The van der Waals surface area contributed by atoms with E-state index in [2.05, 4.69) is 9.97 Å². The molecule has 2 aromatic heterocycles. The molecule has 6 nitrogen and oxygen atoms in total. The van der Waals surface area contributed by atoms with Gasteiger partial charge < -0.3 is 14.4 Å². The number of nitrogens with zero attached hydrogens (tertiary/aromatic N) is 3. The first-order valence-corrected chi connectivity index (χ1v) is 8.53. The molecular weight excluding hydrogens is 318 g/mol. The molecule has 25 heavy (non-hydrogen) atoms. The minimum atomic E-state index is -0.0353. The quantitative estimate of drug-likeness (QED) is 0.837. The Morgan fingerprint density at radius 3 is 2.76 bits per heavy atom. The largest absolute Gasteiger partial charge is 0.475 e. The summed E-state index contributed by atoms with van der Waals surface area (Å²) in [5, 5.41) is 0. The molecule has 0 aromatic carbocycles. The number of aromatic nitrogens is 2. The van der Waals surface area contributed by atoms with Crippen molar-refractivity contribution in [1.29, 1.82) is 0 Å². The fraction of sp³-hybridized carbons (Fsp3) is 0.421. The molecule has 6 heteroatoms. The number of carbonyl (C=O) groups is 1. The van der Waals surface area contributed by atoms with Crippen LogP contribution in [-0.4, -0.2) is 46.1 Å². The van der Waals surface area contributed by atoms with Gasteiger partial charge in [-0.2, -0.15) is 0 Å². The van der Waals surface area contributed by atoms with Crippen LogP contribution in [0, 0.1) is 6.92 Å². The van der Waals surface area contributed by atoms with Gasteiger partial charge in [-0.3, -0.25) is 4.79 Å². The maximum Gasteiger partial charge on any atom is 0.255 e. The molecule has 0 aliphatic carbocycles. The van der Waals surface area contributed by atoms with Crippen molar-refractivity contribution in [2.45, 2.75) is 39.4 Å². The van der Waals surface area contributed by atoms with Crippen LogP contribution < -0.4 is 9.47 Å². The standard InChI is InChI=1S/C19H23N3O3/c1-13(2)24-17-8-7-15(11-20-17)19(23)22-10-9-16(12-22)25-18-6-4-5-14(3)21-18/h4-8,11,13,16H,9-10,12H2,1-3H3. The van der Waals surface area contributed by atoms with Crippen molar-refractivity contribution in [3.63, 3.8) is 0 Å². The van der Waals surface area contributed by atoms with Crippen LogP contribution in [0.4, 0.5) is 0 Å². The minimum Gasteiger partial charge on any atom is -0.475 e.